The van der Waals surface area contributed by atoms with Crippen molar-refractivity contribution in [1.82, 2.24) is 10.2 Å². The maximum Gasteiger partial charge on any atom is 0.242 e. The number of unbranched alkanes of at least 4 members (excludes halogenated alkanes) is 1. The minimum absolute atomic E-state index is 0.0157. The number of hydrogen-bond acceptors (Lipinski definition) is 2. The van der Waals surface area contributed by atoms with E-state index >= 15 is 0 Å². The Morgan fingerprint density at radius 1 is 0.900 bits per heavy atom. The Labute approximate surface area is 181 Å². The Morgan fingerprint density at radius 2 is 1.53 bits per heavy atom. The van der Waals surface area contributed by atoms with Gasteiger partial charge in [0.1, 0.15) is 6.04 Å². The molecule has 1 atom stereocenters. The minimum Gasteiger partial charge on any atom is -0.354 e. The molecule has 0 saturated heterocycles. The minimum atomic E-state index is -0.471. The van der Waals surface area contributed by atoms with Crippen molar-refractivity contribution in [2.24, 2.45) is 0 Å². The Hall–Kier alpha value is -2.62. The van der Waals surface area contributed by atoms with Crippen molar-refractivity contribution in [3.05, 3.63) is 70.3 Å². The summed E-state index contributed by atoms with van der Waals surface area (Å²) < 4.78 is 0. The number of hydrogen-bond donors (Lipinski definition) is 1. The van der Waals surface area contributed by atoms with E-state index in [1.54, 1.807) is 4.90 Å². The van der Waals surface area contributed by atoms with E-state index in [0.717, 1.165) is 35.1 Å². The van der Waals surface area contributed by atoms with Gasteiger partial charge in [-0.2, -0.15) is 0 Å². The van der Waals surface area contributed by atoms with E-state index in [2.05, 4.69) is 30.4 Å². The van der Waals surface area contributed by atoms with Gasteiger partial charge in [-0.1, -0.05) is 79.4 Å². The predicted molar refractivity (Wildman–Crippen MR) is 123 cm³/mol. The van der Waals surface area contributed by atoms with Gasteiger partial charge in [-0.15, -0.1) is 0 Å². The molecule has 2 rings (SSSR count). The highest BCUT2D eigenvalue weighted by Gasteiger charge is 2.28. The summed E-state index contributed by atoms with van der Waals surface area (Å²) in [4.78, 5) is 28.0. The first-order valence-electron chi connectivity index (χ1n) is 11.0. The highest BCUT2D eigenvalue weighted by molar-refractivity contribution is 5.88. The van der Waals surface area contributed by atoms with Crippen LogP contribution in [0.5, 0.6) is 0 Å². The highest BCUT2D eigenvalue weighted by atomic mass is 16.2. The molecular formula is C26H36N2O2. The molecule has 0 bridgehead atoms. The van der Waals surface area contributed by atoms with Gasteiger partial charge in [0.15, 0.2) is 0 Å². The summed E-state index contributed by atoms with van der Waals surface area (Å²) in [6.45, 7) is 11.3. The zero-order chi connectivity index (χ0) is 22.1. The Morgan fingerprint density at radius 3 is 2.10 bits per heavy atom. The van der Waals surface area contributed by atoms with Crippen LogP contribution >= 0.6 is 0 Å². The SMILES string of the molecule is CCCCNC(=O)[C@H](CC)N(Cc1ccc(C)cc1)C(=O)Cc1cc(C)cc(C)c1. The average molecular weight is 409 g/mol. The second-order valence-electron chi connectivity index (χ2n) is 8.25. The Balaban J connectivity index is 2.26. The lowest BCUT2D eigenvalue weighted by molar-refractivity contribution is -0.140. The summed E-state index contributed by atoms with van der Waals surface area (Å²) in [5, 5.41) is 3.01. The molecule has 0 radical (unpaired) electrons. The van der Waals surface area contributed by atoms with Gasteiger partial charge in [0, 0.05) is 13.1 Å². The normalized spacial score (nSPS) is 11.8. The topological polar surface area (TPSA) is 49.4 Å². The maximum absolute atomic E-state index is 13.4. The molecule has 0 unspecified atom stereocenters. The number of carbonyl (C=O) groups is 2. The van der Waals surface area contributed by atoms with Crippen LogP contribution in [0.25, 0.3) is 0 Å². The fourth-order valence-corrected chi connectivity index (χ4v) is 3.76. The molecule has 0 saturated carbocycles. The summed E-state index contributed by atoms with van der Waals surface area (Å²) in [6, 6.07) is 13.9. The summed E-state index contributed by atoms with van der Waals surface area (Å²) in [5.74, 6) is -0.0788. The Kier molecular flexibility index (Phi) is 9.10. The molecule has 0 aliphatic rings. The number of carbonyl (C=O) groups excluding carboxylic acids is 2. The average Bonchev–Trinajstić information content (AvgIpc) is 2.68. The van der Waals surface area contributed by atoms with Crippen LogP contribution in [-0.4, -0.2) is 29.3 Å². The number of nitrogens with zero attached hydrogens (tertiary/aromatic N) is 1. The van der Waals surface area contributed by atoms with Crippen molar-refractivity contribution in [2.45, 2.75) is 72.9 Å². The van der Waals surface area contributed by atoms with Crippen LogP contribution in [0.4, 0.5) is 0 Å². The molecule has 0 heterocycles. The van der Waals surface area contributed by atoms with Crippen molar-refractivity contribution in [3.63, 3.8) is 0 Å². The fourth-order valence-electron chi connectivity index (χ4n) is 3.76. The van der Waals surface area contributed by atoms with Crippen LogP contribution in [0.2, 0.25) is 0 Å². The van der Waals surface area contributed by atoms with E-state index in [1.807, 2.05) is 52.0 Å². The van der Waals surface area contributed by atoms with Crippen LogP contribution in [0.15, 0.2) is 42.5 Å². The summed E-state index contributed by atoms with van der Waals surface area (Å²) in [7, 11) is 0. The number of nitrogens with one attached hydrogen (secondary N) is 1. The van der Waals surface area contributed by atoms with Crippen molar-refractivity contribution < 1.29 is 9.59 Å². The monoisotopic (exact) mass is 408 g/mol. The van der Waals surface area contributed by atoms with Crippen LogP contribution in [0, 0.1) is 20.8 Å². The van der Waals surface area contributed by atoms with E-state index < -0.39 is 6.04 Å². The molecule has 0 aliphatic carbocycles. The van der Waals surface area contributed by atoms with Gasteiger partial charge >= 0.3 is 0 Å². The Bertz CT molecular complexity index is 822. The molecule has 0 aliphatic heterocycles. The fraction of sp³-hybridized carbons (Fsp3) is 0.462. The number of aryl methyl sites for hydroxylation is 3. The molecule has 2 aromatic rings. The third-order valence-electron chi connectivity index (χ3n) is 5.33. The standard InChI is InChI=1S/C26H36N2O2/c1-6-8-13-27-26(30)24(7-2)28(18-22-11-9-19(3)10-12-22)25(29)17-23-15-20(4)14-21(5)16-23/h9-12,14-16,24H,6-8,13,17-18H2,1-5H3,(H,27,30)/t24-/m0/s1. The van der Waals surface area contributed by atoms with Crippen LogP contribution < -0.4 is 5.32 Å². The van der Waals surface area contributed by atoms with E-state index in [0.29, 0.717) is 25.9 Å². The molecule has 0 fully saturated rings. The van der Waals surface area contributed by atoms with Gasteiger partial charge < -0.3 is 10.2 Å². The smallest absolute Gasteiger partial charge is 0.242 e. The lowest BCUT2D eigenvalue weighted by Crippen LogP contribution is -2.49. The quantitative estimate of drug-likeness (QED) is 0.570. The third-order valence-corrected chi connectivity index (χ3v) is 5.33. The summed E-state index contributed by atoms with van der Waals surface area (Å²) >= 11 is 0. The largest absolute Gasteiger partial charge is 0.354 e. The second-order valence-corrected chi connectivity index (χ2v) is 8.25. The van der Waals surface area contributed by atoms with E-state index in [4.69, 9.17) is 0 Å². The van der Waals surface area contributed by atoms with E-state index in [1.165, 1.54) is 5.56 Å². The molecule has 4 heteroatoms. The van der Waals surface area contributed by atoms with Crippen LogP contribution in [-0.2, 0) is 22.6 Å². The van der Waals surface area contributed by atoms with E-state index in [-0.39, 0.29) is 11.8 Å². The molecular weight excluding hydrogens is 372 g/mol. The van der Waals surface area contributed by atoms with Gasteiger partial charge in [0.2, 0.25) is 11.8 Å². The predicted octanol–water partition coefficient (Wildman–Crippen LogP) is 4.88. The van der Waals surface area contributed by atoms with Crippen LogP contribution in [0.3, 0.4) is 0 Å². The van der Waals surface area contributed by atoms with Gasteiger partial charge in [-0.3, -0.25) is 9.59 Å². The molecule has 2 aromatic carbocycles. The van der Waals surface area contributed by atoms with Gasteiger partial charge in [0.25, 0.3) is 0 Å². The van der Waals surface area contributed by atoms with Gasteiger partial charge in [0.05, 0.1) is 6.42 Å². The van der Waals surface area contributed by atoms with Crippen LogP contribution in [0.1, 0.15) is 60.9 Å². The molecule has 1 N–H and O–H groups in total. The second kappa shape index (κ2) is 11.5. The lowest BCUT2D eigenvalue weighted by Gasteiger charge is -2.31. The third kappa shape index (κ3) is 7.01. The zero-order valence-electron chi connectivity index (χ0n) is 19.1. The summed E-state index contributed by atoms with van der Waals surface area (Å²) in [6.07, 6.45) is 2.85. The highest BCUT2D eigenvalue weighted by Crippen LogP contribution is 2.17. The molecule has 2 amide bonds. The first-order valence-corrected chi connectivity index (χ1v) is 11.0. The van der Waals surface area contributed by atoms with Crippen molar-refractivity contribution in [2.75, 3.05) is 6.54 Å². The molecule has 162 valence electrons. The molecule has 0 aromatic heterocycles. The first-order chi connectivity index (χ1) is 14.3. The first kappa shape index (κ1) is 23.7. The number of benzene rings is 2. The number of rotatable bonds is 10. The van der Waals surface area contributed by atoms with Gasteiger partial charge in [-0.25, -0.2) is 0 Å². The van der Waals surface area contributed by atoms with Crippen molar-refractivity contribution in [3.8, 4) is 0 Å². The van der Waals surface area contributed by atoms with Crippen molar-refractivity contribution >= 4 is 11.8 Å². The molecule has 0 spiro atoms. The van der Waals surface area contributed by atoms with Gasteiger partial charge in [-0.05, 0) is 44.7 Å². The van der Waals surface area contributed by atoms with E-state index in [9.17, 15) is 9.59 Å². The zero-order valence-corrected chi connectivity index (χ0v) is 19.1. The molecule has 4 nitrogen and oxygen atoms in total. The number of amides is 2. The molecule has 30 heavy (non-hydrogen) atoms. The maximum atomic E-state index is 13.4. The summed E-state index contributed by atoms with van der Waals surface area (Å²) in [5.41, 5.74) is 5.50. The van der Waals surface area contributed by atoms with Crippen molar-refractivity contribution in [1.29, 1.82) is 0 Å². The lowest BCUT2D eigenvalue weighted by atomic mass is 10.0.